The van der Waals surface area contributed by atoms with E-state index in [0.29, 0.717) is 18.0 Å². The van der Waals surface area contributed by atoms with Gasteiger partial charge in [0, 0.05) is 25.3 Å². The molecule has 7 nitrogen and oxygen atoms in total. The molecule has 1 amide bonds. The van der Waals surface area contributed by atoms with E-state index in [1.165, 1.54) is 16.2 Å². The highest BCUT2D eigenvalue weighted by Gasteiger charge is 2.29. The Hall–Kier alpha value is -2.77. The van der Waals surface area contributed by atoms with E-state index in [1.807, 2.05) is 32.3 Å². The van der Waals surface area contributed by atoms with Crippen molar-refractivity contribution >= 4 is 11.6 Å². The molecule has 31 heavy (non-hydrogen) atoms. The van der Waals surface area contributed by atoms with Crippen LogP contribution in [0.2, 0.25) is 0 Å². The average molecular weight is 429 g/mol. The number of amides is 1. The quantitative estimate of drug-likeness (QED) is 0.500. The standard InChI is InChI=1S/C24H34N4O3/c1-26(2)20-11-9-19(10-12-20)21(28-15-13-27(3)14-16-28)17-25-24(29)18-31-23-8-6-5-7-22(23)30-4/h5-12,21H,13-18H2,1-4H3,(H,25,29)/p+2/t21-/m1/s1. The van der Waals surface area contributed by atoms with Crippen molar-refractivity contribution < 1.29 is 24.1 Å². The summed E-state index contributed by atoms with van der Waals surface area (Å²) in [5.41, 5.74) is 2.43. The smallest absolute Gasteiger partial charge is 0.258 e. The first-order valence-corrected chi connectivity index (χ1v) is 10.9. The Morgan fingerprint density at radius 3 is 2.29 bits per heavy atom. The molecule has 1 aliphatic rings. The lowest BCUT2D eigenvalue weighted by molar-refractivity contribution is -1.02. The van der Waals surface area contributed by atoms with Gasteiger partial charge in [-0.1, -0.05) is 24.3 Å². The summed E-state index contributed by atoms with van der Waals surface area (Å²) in [6, 6.07) is 16.3. The molecule has 0 aliphatic carbocycles. The van der Waals surface area contributed by atoms with E-state index in [2.05, 4.69) is 41.5 Å². The summed E-state index contributed by atoms with van der Waals surface area (Å²) in [5.74, 6) is 1.07. The fraction of sp³-hybridized carbons (Fsp3) is 0.458. The van der Waals surface area contributed by atoms with Gasteiger partial charge in [-0.05, 0) is 24.3 Å². The highest BCUT2D eigenvalue weighted by Crippen LogP contribution is 2.25. The van der Waals surface area contributed by atoms with E-state index in [9.17, 15) is 4.79 Å². The minimum atomic E-state index is -0.125. The Kier molecular flexibility index (Phi) is 8.14. The molecule has 7 heteroatoms. The van der Waals surface area contributed by atoms with Crippen molar-refractivity contribution in [3.63, 3.8) is 0 Å². The monoisotopic (exact) mass is 428 g/mol. The molecule has 168 valence electrons. The summed E-state index contributed by atoms with van der Waals surface area (Å²) in [7, 11) is 7.93. The van der Waals surface area contributed by atoms with Crippen molar-refractivity contribution in [2.24, 2.45) is 0 Å². The van der Waals surface area contributed by atoms with Crippen molar-refractivity contribution in [3.8, 4) is 11.5 Å². The van der Waals surface area contributed by atoms with Crippen LogP contribution in [0.1, 0.15) is 11.6 Å². The van der Waals surface area contributed by atoms with Crippen LogP contribution in [0.25, 0.3) is 0 Å². The Bertz CT molecular complexity index is 833. The number of quaternary nitrogens is 2. The number of hydrogen-bond donors (Lipinski definition) is 3. The third-order valence-electron chi connectivity index (χ3n) is 5.98. The molecular weight excluding hydrogens is 392 g/mol. The normalized spacial score (nSPS) is 19.4. The van der Waals surface area contributed by atoms with E-state index in [1.54, 1.807) is 18.1 Å². The zero-order valence-corrected chi connectivity index (χ0v) is 19.1. The molecule has 0 bridgehead atoms. The molecule has 3 N–H and O–H groups in total. The van der Waals surface area contributed by atoms with Gasteiger partial charge in [0.05, 0.1) is 20.7 Å². The first kappa shape index (κ1) is 22.9. The average Bonchev–Trinajstić information content (AvgIpc) is 2.79. The van der Waals surface area contributed by atoms with Gasteiger partial charge >= 0.3 is 0 Å². The molecule has 1 fully saturated rings. The van der Waals surface area contributed by atoms with Crippen LogP contribution in [0, 0.1) is 0 Å². The third kappa shape index (κ3) is 6.35. The van der Waals surface area contributed by atoms with Crippen LogP contribution in [-0.4, -0.2) is 73.5 Å². The van der Waals surface area contributed by atoms with Crippen LogP contribution < -0.4 is 29.5 Å². The lowest BCUT2D eigenvalue weighted by atomic mass is 10.0. The Balaban J connectivity index is 1.63. The van der Waals surface area contributed by atoms with Crippen LogP contribution >= 0.6 is 0 Å². The number of ether oxygens (including phenoxy) is 2. The number of nitrogens with zero attached hydrogens (tertiary/aromatic N) is 1. The lowest BCUT2D eigenvalue weighted by Gasteiger charge is -2.33. The molecule has 0 spiro atoms. The number of anilines is 1. The molecule has 1 atom stereocenters. The molecule has 0 saturated carbocycles. The second kappa shape index (κ2) is 11.0. The van der Waals surface area contributed by atoms with Gasteiger partial charge in [0.15, 0.2) is 18.1 Å². The topological polar surface area (TPSA) is 59.7 Å². The third-order valence-corrected chi connectivity index (χ3v) is 5.98. The van der Waals surface area contributed by atoms with E-state index < -0.39 is 0 Å². The van der Waals surface area contributed by atoms with E-state index >= 15 is 0 Å². The molecule has 2 aromatic carbocycles. The number of nitrogens with one attached hydrogen (secondary N) is 3. The van der Waals surface area contributed by atoms with Crippen molar-refractivity contribution in [2.45, 2.75) is 6.04 Å². The predicted molar refractivity (Wildman–Crippen MR) is 122 cm³/mol. The summed E-state index contributed by atoms with van der Waals surface area (Å²) in [4.78, 5) is 17.7. The van der Waals surface area contributed by atoms with Gasteiger partial charge in [-0.2, -0.15) is 0 Å². The molecule has 1 saturated heterocycles. The number of carbonyl (C=O) groups excluding carboxylic acids is 1. The van der Waals surface area contributed by atoms with Crippen molar-refractivity contribution in [1.29, 1.82) is 0 Å². The number of rotatable bonds is 9. The predicted octanol–water partition coefficient (Wildman–Crippen LogP) is -0.589. The van der Waals surface area contributed by atoms with Gasteiger partial charge in [0.25, 0.3) is 5.91 Å². The van der Waals surface area contributed by atoms with Crippen molar-refractivity contribution in [2.75, 3.05) is 72.5 Å². The van der Waals surface area contributed by atoms with Gasteiger partial charge < -0.3 is 29.5 Å². The molecule has 3 rings (SSSR count). The van der Waals surface area contributed by atoms with Crippen LogP contribution in [0.15, 0.2) is 48.5 Å². The minimum absolute atomic E-state index is 0.0329. The van der Waals surface area contributed by atoms with Gasteiger partial charge in [-0.15, -0.1) is 0 Å². The molecule has 1 heterocycles. The maximum absolute atomic E-state index is 12.5. The number of hydrogen-bond acceptors (Lipinski definition) is 4. The van der Waals surface area contributed by atoms with Crippen LogP contribution in [0.4, 0.5) is 5.69 Å². The summed E-state index contributed by atoms with van der Waals surface area (Å²) in [6.07, 6.45) is 0. The fourth-order valence-corrected chi connectivity index (χ4v) is 4.00. The Labute approximate surface area is 185 Å². The lowest BCUT2D eigenvalue weighted by Crippen LogP contribution is -3.27. The Morgan fingerprint density at radius 2 is 1.68 bits per heavy atom. The Morgan fingerprint density at radius 1 is 1.03 bits per heavy atom. The van der Waals surface area contributed by atoms with E-state index in [4.69, 9.17) is 9.47 Å². The zero-order chi connectivity index (χ0) is 22.2. The highest BCUT2D eigenvalue weighted by molar-refractivity contribution is 5.77. The largest absolute Gasteiger partial charge is 0.493 e. The summed E-state index contributed by atoms with van der Waals surface area (Å²) >= 11 is 0. The van der Waals surface area contributed by atoms with Gasteiger partial charge in [0.1, 0.15) is 32.2 Å². The first-order chi connectivity index (χ1) is 15.0. The summed E-state index contributed by atoms with van der Waals surface area (Å²) in [6.45, 7) is 5.04. The number of para-hydroxylation sites is 2. The number of methoxy groups -OCH3 is 1. The maximum atomic E-state index is 12.5. The van der Waals surface area contributed by atoms with Crippen molar-refractivity contribution in [1.82, 2.24) is 5.32 Å². The summed E-state index contributed by atoms with van der Waals surface area (Å²) in [5, 5.41) is 3.09. The number of piperazine rings is 1. The van der Waals surface area contributed by atoms with Crippen LogP contribution in [0.3, 0.4) is 0 Å². The van der Waals surface area contributed by atoms with Crippen LogP contribution in [0.5, 0.6) is 11.5 Å². The molecule has 2 aromatic rings. The first-order valence-electron chi connectivity index (χ1n) is 10.9. The van der Waals surface area contributed by atoms with Gasteiger partial charge in [0.2, 0.25) is 0 Å². The molecule has 1 aliphatic heterocycles. The van der Waals surface area contributed by atoms with Crippen molar-refractivity contribution in [3.05, 3.63) is 54.1 Å². The highest BCUT2D eigenvalue weighted by atomic mass is 16.5. The second-order valence-electron chi connectivity index (χ2n) is 8.40. The minimum Gasteiger partial charge on any atom is -0.493 e. The fourth-order valence-electron chi connectivity index (χ4n) is 4.00. The molecule has 0 aromatic heterocycles. The molecule has 0 radical (unpaired) electrons. The van der Waals surface area contributed by atoms with Gasteiger partial charge in [-0.3, -0.25) is 4.79 Å². The molecular formula is C24H36N4O3+2. The SMILES string of the molecule is COc1ccccc1OCC(=O)NC[C@H](c1ccc(N(C)C)cc1)[NH+]1CC[NH+](C)CC1. The van der Waals surface area contributed by atoms with E-state index in [-0.39, 0.29) is 18.6 Å². The number of likely N-dealkylation sites (N-methyl/N-ethyl adjacent to an activating group) is 1. The second-order valence-corrected chi connectivity index (χ2v) is 8.40. The maximum Gasteiger partial charge on any atom is 0.258 e. The van der Waals surface area contributed by atoms with E-state index in [0.717, 1.165) is 26.2 Å². The number of benzene rings is 2. The van der Waals surface area contributed by atoms with Gasteiger partial charge in [-0.25, -0.2) is 0 Å². The molecule has 0 unspecified atom stereocenters. The summed E-state index contributed by atoms with van der Waals surface area (Å²) < 4.78 is 11.0. The number of carbonyl (C=O) groups is 1. The zero-order valence-electron chi connectivity index (χ0n) is 19.1. The van der Waals surface area contributed by atoms with Crippen LogP contribution in [-0.2, 0) is 4.79 Å².